The van der Waals surface area contributed by atoms with E-state index in [-0.39, 0.29) is 24.4 Å². The molecule has 0 saturated carbocycles. The fourth-order valence-corrected chi connectivity index (χ4v) is 3.41. The van der Waals surface area contributed by atoms with Gasteiger partial charge in [0.1, 0.15) is 5.75 Å². The lowest BCUT2D eigenvalue weighted by Gasteiger charge is -2.20. The average Bonchev–Trinajstić information content (AvgIpc) is 3.00. The Kier molecular flexibility index (Phi) is 6.45. The van der Waals surface area contributed by atoms with Crippen LogP contribution in [0.1, 0.15) is 53.5 Å². The largest absolute Gasteiger partial charge is 0.497 e. The molecule has 158 valence electrons. The minimum Gasteiger partial charge on any atom is -0.497 e. The van der Waals surface area contributed by atoms with Crippen molar-refractivity contribution < 1.29 is 19.1 Å². The molecule has 0 spiro atoms. The number of hydrogen-bond acceptors (Lipinski definition) is 4. The number of amides is 1. The van der Waals surface area contributed by atoms with Crippen molar-refractivity contribution >= 4 is 22.8 Å². The summed E-state index contributed by atoms with van der Waals surface area (Å²) in [7, 11) is 1.59. The zero-order chi connectivity index (χ0) is 21.8. The lowest BCUT2D eigenvalue weighted by Crippen LogP contribution is -2.31. The number of esters is 1. The van der Waals surface area contributed by atoms with E-state index < -0.39 is 6.04 Å². The van der Waals surface area contributed by atoms with E-state index in [2.05, 4.69) is 10.3 Å². The van der Waals surface area contributed by atoms with Crippen LogP contribution < -0.4 is 10.1 Å². The van der Waals surface area contributed by atoms with Crippen LogP contribution in [0.5, 0.6) is 5.75 Å². The minimum atomic E-state index is -0.514. The second-order valence-corrected chi connectivity index (χ2v) is 7.68. The first-order chi connectivity index (χ1) is 14.3. The van der Waals surface area contributed by atoms with Crippen LogP contribution in [0, 0.1) is 13.8 Å². The number of nitrogens with one attached hydrogen (secondary N) is 2. The van der Waals surface area contributed by atoms with Gasteiger partial charge in [0.25, 0.3) is 5.91 Å². The number of aryl methyl sites for hydroxylation is 2. The van der Waals surface area contributed by atoms with Gasteiger partial charge in [-0.3, -0.25) is 9.59 Å². The Morgan fingerprint density at radius 2 is 1.77 bits per heavy atom. The van der Waals surface area contributed by atoms with Gasteiger partial charge in [-0.1, -0.05) is 12.1 Å². The molecule has 1 amide bonds. The van der Waals surface area contributed by atoms with Crippen LogP contribution in [0.4, 0.5) is 0 Å². The molecule has 1 aromatic heterocycles. The maximum atomic E-state index is 13.0. The molecule has 6 nitrogen and oxygen atoms in total. The summed E-state index contributed by atoms with van der Waals surface area (Å²) in [6.07, 6.45) is -0.173. The van der Waals surface area contributed by atoms with E-state index in [0.717, 1.165) is 27.7 Å². The lowest BCUT2D eigenvalue weighted by atomic mass is 10.0. The van der Waals surface area contributed by atoms with Crippen molar-refractivity contribution in [1.82, 2.24) is 10.3 Å². The van der Waals surface area contributed by atoms with Gasteiger partial charge in [-0.2, -0.15) is 0 Å². The normalized spacial score (nSPS) is 12.1. The maximum absolute atomic E-state index is 13.0. The number of carbonyl (C=O) groups is 2. The number of carbonyl (C=O) groups excluding carboxylic acids is 2. The second-order valence-electron chi connectivity index (χ2n) is 7.68. The summed E-state index contributed by atoms with van der Waals surface area (Å²) in [6, 6.07) is 12.3. The van der Waals surface area contributed by atoms with Gasteiger partial charge in [0, 0.05) is 22.2 Å². The molecule has 30 heavy (non-hydrogen) atoms. The average molecular weight is 408 g/mol. The molecular formula is C24H28N2O4. The van der Waals surface area contributed by atoms with Gasteiger partial charge in [-0.15, -0.1) is 0 Å². The van der Waals surface area contributed by atoms with E-state index in [1.165, 1.54) is 0 Å². The van der Waals surface area contributed by atoms with Gasteiger partial charge in [0.15, 0.2) is 0 Å². The SMILES string of the molecule is COc1ccc(C(CC(=O)OC(C)C)NC(=O)c2ccc3[nH]c(C)c(C)c3c2)cc1. The molecule has 0 fully saturated rings. The number of aromatic nitrogens is 1. The molecule has 0 aliphatic carbocycles. The molecule has 3 aromatic rings. The van der Waals surface area contributed by atoms with Crippen molar-refractivity contribution in [2.24, 2.45) is 0 Å². The number of ether oxygens (including phenoxy) is 2. The highest BCUT2D eigenvalue weighted by atomic mass is 16.5. The first-order valence-electron chi connectivity index (χ1n) is 10.0. The molecule has 0 bridgehead atoms. The van der Waals surface area contributed by atoms with Crippen molar-refractivity contribution in [1.29, 1.82) is 0 Å². The summed E-state index contributed by atoms with van der Waals surface area (Å²) in [4.78, 5) is 28.6. The third kappa shape index (κ3) is 4.82. The Labute approximate surface area is 176 Å². The molecule has 0 aliphatic rings. The van der Waals surface area contributed by atoms with Crippen molar-refractivity contribution in [3.05, 3.63) is 64.8 Å². The van der Waals surface area contributed by atoms with Gasteiger partial charge in [-0.05, 0) is 69.2 Å². The van der Waals surface area contributed by atoms with E-state index in [1.807, 2.05) is 38.1 Å². The standard InChI is InChI=1S/C24H28N2O4/c1-14(2)30-23(27)13-22(17-6-9-19(29-5)10-7-17)26-24(28)18-8-11-21-20(12-18)15(3)16(4)25-21/h6-12,14,22,25H,13H2,1-5H3,(H,26,28). The zero-order valence-corrected chi connectivity index (χ0v) is 18.0. The smallest absolute Gasteiger partial charge is 0.308 e. The van der Waals surface area contributed by atoms with E-state index in [9.17, 15) is 9.59 Å². The molecule has 0 saturated heterocycles. The van der Waals surface area contributed by atoms with Crippen LogP contribution in [-0.2, 0) is 9.53 Å². The quantitative estimate of drug-likeness (QED) is 0.560. The molecular weight excluding hydrogens is 380 g/mol. The van der Waals surface area contributed by atoms with Crippen LogP contribution in [0.3, 0.4) is 0 Å². The highest BCUT2D eigenvalue weighted by molar-refractivity contribution is 5.99. The molecule has 1 unspecified atom stereocenters. The Balaban J connectivity index is 1.86. The maximum Gasteiger partial charge on any atom is 0.308 e. The summed E-state index contributed by atoms with van der Waals surface area (Å²) in [6.45, 7) is 7.64. The van der Waals surface area contributed by atoms with Gasteiger partial charge in [0.05, 0.1) is 25.7 Å². The first-order valence-corrected chi connectivity index (χ1v) is 10.0. The lowest BCUT2D eigenvalue weighted by molar-refractivity contribution is -0.147. The molecule has 1 atom stereocenters. The van der Waals surface area contributed by atoms with Crippen LogP contribution in [-0.4, -0.2) is 30.1 Å². The van der Waals surface area contributed by atoms with Crippen LogP contribution >= 0.6 is 0 Å². The molecule has 0 radical (unpaired) electrons. The predicted octanol–water partition coefficient (Wildman–Crippen LogP) is 4.61. The fraction of sp³-hybridized carbons (Fsp3) is 0.333. The van der Waals surface area contributed by atoms with E-state index in [1.54, 1.807) is 39.2 Å². The third-order valence-corrected chi connectivity index (χ3v) is 5.13. The molecule has 6 heteroatoms. The Morgan fingerprint density at radius 3 is 2.40 bits per heavy atom. The van der Waals surface area contributed by atoms with Gasteiger partial charge < -0.3 is 19.8 Å². The molecule has 2 N–H and O–H groups in total. The summed E-state index contributed by atoms with van der Waals surface area (Å²) in [5, 5.41) is 4.01. The highest BCUT2D eigenvalue weighted by Gasteiger charge is 2.21. The molecule has 3 rings (SSSR count). The van der Waals surface area contributed by atoms with E-state index >= 15 is 0 Å². The van der Waals surface area contributed by atoms with E-state index in [4.69, 9.17) is 9.47 Å². The Morgan fingerprint density at radius 1 is 1.07 bits per heavy atom. The Bertz CT molecular complexity index is 1050. The van der Waals surface area contributed by atoms with Crippen LogP contribution in [0.15, 0.2) is 42.5 Å². The summed E-state index contributed by atoms with van der Waals surface area (Å²) in [5.74, 6) is 0.101. The fourth-order valence-electron chi connectivity index (χ4n) is 3.41. The van der Waals surface area contributed by atoms with Crippen molar-refractivity contribution in [3.63, 3.8) is 0 Å². The predicted molar refractivity (Wildman–Crippen MR) is 117 cm³/mol. The number of H-pyrrole nitrogens is 1. The van der Waals surface area contributed by atoms with Crippen LogP contribution in [0.2, 0.25) is 0 Å². The molecule has 2 aromatic carbocycles. The monoisotopic (exact) mass is 408 g/mol. The number of benzene rings is 2. The van der Waals surface area contributed by atoms with Gasteiger partial charge in [0.2, 0.25) is 0 Å². The van der Waals surface area contributed by atoms with Crippen LogP contribution in [0.25, 0.3) is 10.9 Å². The number of aromatic amines is 1. The summed E-state index contributed by atoms with van der Waals surface area (Å²) < 4.78 is 10.5. The highest BCUT2D eigenvalue weighted by Crippen LogP contribution is 2.24. The number of methoxy groups -OCH3 is 1. The van der Waals surface area contributed by atoms with Gasteiger partial charge in [-0.25, -0.2) is 0 Å². The summed E-state index contributed by atoms with van der Waals surface area (Å²) >= 11 is 0. The second kappa shape index (κ2) is 9.03. The number of fused-ring (bicyclic) bond motifs is 1. The van der Waals surface area contributed by atoms with Crippen molar-refractivity contribution in [2.75, 3.05) is 7.11 Å². The van der Waals surface area contributed by atoms with Gasteiger partial charge >= 0.3 is 5.97 Å². The zero-order valence-electron chi connectivity index (χ0n) is 18.0. The van der Waals surface area contributed by atoms with Crippen molar-refractivity contribution in [2.45, 2.75) is 46.3 Å². The topological polar surface area (TPSA) is 80.4 Å². The first kappa shape index (κ1) is 21.4. The van der Waals surface area contributed by atoms with E-state index in [0.29, 0.717) is 11.3 Å². The number of hydrogen-bond donors (Lipinski definition) is 2. The third-order valence-electron chi connectivity index (χ3n) is 5.13. The van der Waals surface area contributed by atoms with Crippen molar-refractivity contribution in [3.8, 4) is 5.75 Å². The molecule has 1 heterocycles. The Hall–Kier alpha value is -3.28. The molecule has 0 aliphatic heterocycles. The minimum absolute atomic E-state index is 0.0424. The number of rotatable bonds is 7. The summed E-state index contributed by atoms with van der Waals surface area (Å²) in [5.41, 5.74) is 4.54.